The van der Waals surface area contributed by atoms with Gasteiger partial charge in [-0.15, -0.1) is 0 Å². The second kappa shape index (κ2) is 8.37. The number of anilines is 2. The molecule has 1 amide bonds. The molecular formula is C20H27F2N7O2. The molecular weight excluding hydrogens is 408 g/mol. The summed E-state index contributed by atoms with van der Waals surface area (Å²) in [6.45, 7) is 4.97. The minimum atomic E-state index is -2.60. The predicted molar refractivity (Wildman–Crippen MR) is 111 cm³/mol. The summed E-state index contributed by atoms with van der Waals surface area (Å²) in [5.41, 5.74) is 7.17. The van der Waals surface area contributed by atoms with E-state index in [4.69, 9.17) is 10.5 Å². The van der Waals surface area contributed by atoms with Crippen LogP contribution in [0.4, 0.5) is 20.5 Å². The number of carbonyl (C=O) groups is 1. The SMILES string of the molecule is Cc1cc(C)n(-c2cc(N3CCOC(C(N)=O)C3)nc(NC3CCC(F)(F)CC3)n2)n1. The summed E-state index contributed by atoms with van der Waals surface area (Å²) in [6, 6.07) is 3.60. The third-order valence-corrected chi connectivity index (χ3v) is 5.68. The van der Waals surface area contributed by atoms with Crippen molar-refractivity contribution in [1.82, 2.24) is 19.7 Å². The lowest BCUT2D eigenvalue weighted by Gasteiger charge is -2.33. The zero-order valence-corrected chi connectivity index (χ0v) is 17.6. The van der Waals surface area contributed by atoms with Gasteiger partial charge in [0.2, 0.25) is 17.8 Å². The average Bonchev–Trinajstić information content (AvgIpc) is 3.07. The van der Waals surface area contributed by atoms with Gasteiger partial charge in [0.25, 0.3) is 0 Å². The summed E-state index contributed by atoms with van der Waals surface area (Å²) in [7, 11) is 0. The van der Waals surface area contributed by atoms with Crippen molar-refractivity contribution in [3.05, 3.63) is 23.5 Å². The van der Waals surface area contributed by atoms with E-state index in [0.717, 1.165) is 11.4 Å². The largest absolute Gasteiger partial charge is 0.367 e. The molecule has 0 bridgehead atoms. The molecule has 9 nitrogen and oxygen atoms in total. The van der Waals surface area contributed by atoms with E-state index >= 15 is 0 Å². The van der Waals surface area contributed by atoms with E-state index in [1.807, 2.05) is 24.8 Å². The summed E-state index contributed by atoms with van der Waals surface area (Å²) in [5, 5.41) is 7.72. The second-order valence-electron chi connectivity index (χ2n) is 8.23. The van der Waals surface area contributed by atoms with Crippen LogP contribution in [0.5, 0.6) is 0 Å². The minimum absolute atomic E-state index is 0.133. The Labute approximate surface area is 179 Å². The van der Waals surface area contributed by atoms with Crippen LogP contribution < -0.4 is 16.0 Å². The number of rotatable bonds is 5. The second-order valence-corrected chi connectivity index (χ2v) is 8.23. The molecule has 2 aliphatic rings. The Kier molecular flexibility index (Phi) is 5.78. The fraction of sp³-hybridized carbons (Fsp3) is 0.600. The Morgan fingerprint density at radius 3 is 2.58 bits per heavy atom. The number of nitrogens with two attached hydrogens (primary N) is 1. The number of ether oxygens (including phenoxy) is 1. The molecule has 1 saturated carbocycles. The molecule has 168 valence electrons. The molecule has 0 aromatic carbocycles. The molecule has 2 aromatic heterocycles. The Morgan fingerprint density at radius 1 is 1.23 bits per heavy atom. The van der Waals surface area contributed by atoms with Crippen LogP contribution in [0.15, 0.2) is 12.1 Å². The van der Waals surface area contributed by atoms with E-state index in [1.54, 1.807) is 10.7 Å². The van der Waals surface area contributed by atoms with Gasteiger partial charge >= 0.3 is 0 Å². The Bertz CT molecular complexity index is 955. The fourth-order valence-corrected chi connectivity index (χ4v) is 4.01. The molecule has 31 heavy (non-hydrogen) atoms. The smallest absolute Gasteiger partial charge is 0.248 e. The van der Waals surface area contributed by atoms with E-state index in [-0.39, 0.29) is 25.4 Å². The van der Waals surface area contributed by atoms with Gasteiger partial charge in [-0.25, -0.2) is 13.5 Å². The number of nitrogens with zero attached hydrogens (tertiary/aromatic N) is 5. The number of aromatic nitrogens is 4. The van der Waals surface area contributed by atoms with Gasteiger partial charge in [-0.1, -0.05) is 0 Å². The van der Waals surface area contributed by atoms with Gasteiger partial charge in [-0.3, -0.25) is 4.79 Å². The molecule has 1 aliphatic carbocycles. The third-order valence-electron chi connectivity index (χ3n) is 5.68. The topological polar surface area (TPSA) is 111 Å². The van der Waals surface area contributed by atoms with Crippen LogP contribution >= 0.6 is 0 Å². The highest BCUT2D eigenvalue weighted by molar-refractivity contribution is 5.79. The van der Waals surface area contributed by atoms with Crippen molar-refractivity contribution in [3.63, 3.8) is 0 Å². The van der Waals surface area contributed by atoms with Crippen LogP contribution in [0.2, 0.25) is 0 Å². The normalized spacial score (nSPS) is 21.8. The number of aryl methyl sites for hydroxylation is 2. The third kappa shape index (κ3) is 4.92. The summed E-state index contributed by atoms with van der Waals surface area (Å²) >= 11 is 0. The first-order chi connectivity index (χ1) is 14.7. The van der Waals surface area contributed by atoms with E-state index in [9.17, 15) is 13.6 Å². The van der Waals surface area contributed by atoms with Crippen molar-refractivity contribution in [2.24, 2.45) is 5.73 Å². The Balaban J connectivity index is 1.64. The van der Waals surface area contributed by atoms with Gasteiger partial charge in [0.1, 0.15) is 5.82 Å². The van der Waals surface area contributed by atoms with Gasteiger partial charge in [-0.05, 0) is 32.8 Å². The lowest BCUT2D eigenvalue weighted by molar-refractivity contribution is -0.130. The number of alkyl halides is 2. The number of carbonyl (C=O) groups excluding carboxylic acids is 1. The fourth-order valence-electron chi connectivity index (χ4n) is 4.01. The van der Waals surface area contributed by atoms with Gasteiger partial charge in [0, 0.05) is 37.2 Å². The molecule has 2 fully saturated rings. The van der Waals surface area contributed by atoms with Gasteiger partial charge in [0.15, 0.2) is 11.9 Å². The highest BCUT2D eigenvalue weighted by Crippen LogP contribution is 2.34. The highest BCUT2D eigenvalue weighted by Gasteiger charge is 2.35. The predicted octanol–water partition coefficient (Wildman–Crippen LogP) is 1.96. The molecule has 2 aromatic rings. The van der Waals surface area contributed by atoms with E-state index in [0.29, 0.717) is 43.6 Å². The molecule has 1 saturated heterocycles. The molecule has 0 radical (unpaired) electrons. The molecule has 1 atom stereocenters. The summed E-state index contributed by atoms with van der Waals surface area (Å²) < 4.78 is 34.2. The van der Waals surface area contributed by atoms with Crippen molar-refractivity contribution in [2.75, 3.05) is 29.9 Å². The van der Waals surface area contributed by atoms with Crippen molar-refractivity contribution < 1.29 is 18.3 Å². The number of hydrogen-bond acceptors (Lipinski definition) is 7. The number of hydrogen-bond donors (Lipinski definition) is 2. The first-order valence-electron chi connectivity index (χ1n) is 10.4. The zero-order chi connectivity index (χ0) is 22.2. The quantitative estimate of drug-likeness (QED) is 0.738. The van der Waals surface area contributed by atoms with Crippen molar-refractivity contribution in [1.29, 1.82) is 0 Å². The number of nitrogens with one attached hydrogen (secondary N) is 1. The van der Waals surface area contributed by atoms with Crippen LogP contribution in [-0.2, 0) is 9.53 Å². The maximum atomic E-state index is 13.5. The average molecular weight is 435 g/mol. The van der Waals surface area contributed by atoms with Gasteiger partial charge < -0.3 is 20.7 Å². The highest BCUT2D eigenvalue weighted by atomic mass is 19.3. The first-order valence-corrected chi connectivity index (χ1v) is 10.4. The number of primary amides is 1. The zero-order valence-electron chi connectivity index (χ0n) is 17.6. The van der Waals surface area contributed by atoms with Crippen LogP contribution in [0, 0.1) is 13.8 Å². The van der Waals surface area contributed by atoms with Crippen molar-refractivity contribution in [3.8, 4) is 5.82 Å². The summed E-state index contributed by atoms with van der Waals surface area (Å²) in [6.07, 6.45) is -0.344. The van der Waals surface area contributed by atoms with Crippen LogP contribution in [0.25, 0.3) is 5.82 Å². The maximum absolute atomic E-state index is 13.5. The summed E-state index contributed by atoms with van der Waals surface area (Å²) in [4.78, 5) is 22.7. The van der Waals surface area contributed by atoms with Crippen molar-refractivity contribution in [2.45, 2.75) is 57.6 Å². The lowest BCUT2D eigenvalue weighted by Crippen LogP contribution is -2.48. The van der Waals surface area contributed by atoms with Gasteiger partial charge in [-0.2, -0.15) is 15.1 Å². The van der Waals surface area contributed by atoms with E-state index < -0.39 is 17.9 Å². The van der Waals surface area contributed by atoms with E-state index in [2.05, 4.69) is 20.4 Å². The molecule has 1 unspecified atom stereocenters. The number of morpholine rings is 1. The molecule has 3 heterocycles. The Hall–Kier alpha value is -2.82. The van der Waals surface area contributed by atoms with Crippen molar-refractivity contribution >= 4 is 17.7 Å². The van der Waals surface area contributed by atoms with E-state index in [1.165, 1.54) is 0 Å². The first kappa shape index (κ1) is 21.4. The molecule has 3 N–H and O–H groups in total. The number of amides is 1. The number of halogens is 2. The minimum Gasteiger partial charge on any atom is -0.367 e. The lowest BCUT2D eigenvalue weighted by atomic mass is 9.92. The van der Waals surface area contributed by atoms with Gasteiger partial charge in [0.05, 0.1) is 18.8 Å². The molecule has 11 heteroatoms. The summed E-state index contributed by atoms with van der Waals surface area (Å²) in [5.74, 6) is -1.64. The molecule has 0 spiro atoms. The standard InChI is InChI=1S/C20H27F2N7O2/c1-12-9-13(2)29(27-12)17-10-16(28-7-8-31-15(11-28)18(23)30)25-19(26-17)24-14-3-5-20(21,22)6-4-14/h9-10,14-15H,3-8,11H2,1-2H3,(H2,23,30)(H,24,25,26). The monoisotopic (exact) mass is 435 g/mol. The van der Waals surface area contributed by atoms with Crippen LogP contribution in [0.3, 0.4) is 0 Å². The van der Waals surface area contributed by atoms with Crippen LogP contribution in [-0.4, -0.2) is 63.4 Å². The Morgan fingerprint density at radius 2 is 1.94 bits per heavy atom. The van der Waals surface area contributed by atoms with Crippen LogP contribution in [0.1, 0.15) is 37.1 Å². The maximum Gasteiger partial charge on any atom is 0.248 e. The molecule has 1 aliphatic heterocycles. The molecule has 4 rings (SSSR count).